The first-order chi connectivity index (χ1) is 20.5. The number of rotatable bonds is 14. The summed E-state index contributed by atoms with van der Waals surface area (Å²) in [6, 6.07) is 19.8. The molecule has 0 saturated heterocycles. The van der Waals surface area contributed by atoms with E-state index < -0.39 is 53.9 Å². The van der Waals surface area contributed by atoms with Crippen molar-refractivity contribution in [1.29, 1.82) is 0 Å². The standard InChI is InChI=1S/C32H36N4O7/c1-20(34-26(30(39)40)18-13-22-9-5-3-6-10-22)28(37)35-21(2)29(38)36-27(19-23-11-7-4-8-12-23)32(42)43-31(41)24-14-16-25(33)17-15-24/h3-12,14-17,20-21,26-27,34H,13,18-19,33H2,1-2H3,(H,35,37)(H,36,38)(H,39,40)/t20-,21-,26-,27-/m0/s1. The second-order valence-corrected chi connectivity index (χ2v) is 10.1. The molecule has 0 spiro atoms. The number of amides is 2. The van der Waals surface area contributed by atoms with E-state index in [0.29, 0.717) is 17.7 Å². The molecule has 11 heteroatoms. The van der Waals surface area contributed by atoms with Crippen LogP contribution in [-0.2, 0) is 36.8 Å². The zero-order chi connectivity index (χ0) is 31.4. The minimum Gasteiger partial charge on any atom is -0.480 e. The number of nitrogen functional groups attached to an aromatic ring is 1. The van der Waals surface area contributed by atoms with Crippen LogP contribution in [0.4, 0.5) is 5.69 Å². The lowest BCUT2D eigenvalue weighted by Gasteiger charge is -2.23. The Labute approximate surface area is 249 Å². The summed E-state index contributed by atoms with van der Waals surface area (Å²) in [7, 11) is 0. The van der Waals surface area contributed by atoms with E-state index in [1.165, 1.54) is 38.1 Å². The number of hydrogen-bond donors (Lipinski definition) is 5. The van der Waals surface area contributed by atoms with Crippen molar-refractivity contribution in [3.8, 4) is 0 Å². The molecule has 3 rings (SSSR count). The van der Waals surface area contributed by atoms with Gasteiger partial charge in [-0.25, -0.2) is 9.59 Å². The van der Waals surface area contributed by atoms with Crippen LogP contribution in [0.2, 0.25) is 0 Å². The number of carbonyl (C=O) groups excluding carboxylic acids is 4. The van der Waals surface area contributed by atoms with E-state index in [1.54, 1.807) is 30.3 Å². The fourth-order valence-corrected chi connectivity index (χ4v) is 4.20. The SMILES string of the molecule is C[C@H](NC(=O)[C@H](C)N[C@@H](CCc1ccccc1)C(=O)O)C(=O)N[C@@H](Cc1ccccc1)C(=O)OC(=O)c1ccc(N)cc1. The quantitative estimate of drug-likeness (QED) is 0.107. The highest BCUT2D eigenvalue weighted by atomic mass is 16.6. The molecule has 226 valence electrons. The van der Waals surface area contributed by atoms with Gasteiger partial charge in [0.05, 0.1) is 11.6 Å². The van der Waals surface area contributed by atoms with Crippen molar-refractivity contribution in [2.75, 3.05) is 5.73 Å². The summed E-state index contributed by atoms with van der Waals surface area (Å²) in [5, 5.41) is 17.5. The average molecular weight is 589 g/mol. The number of anilines is 1. The predicted molar refractivity (Wildman–Crippen MR) is 160 cm³/mol. The summed E-state index contributed by atoms with van der Waals surface area (Å²) in [5.74, 6) is -4.28. The number of esters is 2. The van der Waals surface area contributed by atoms with Crippen LogP contribution in [0.1, 0.15) is 41.8 Å². The highest BCUT2D eigenvalue weighted by Crippen LogP contribution is 2.11. The molecule has 11 nitrogen and oxygen atoms in total. The Hall–Kier alpha value is -5.03. The minimum atomic E-state index is -1.24. The van der Waals surface area contributed by atoms with Gasteiger partial charge >= 0.3 is 17.9 Å². The number of nitrogens with two attached hydrogens (primary N) is 1. The van der Waals surface area contributed by atoms with Crippen LogP contribution >= 0.6 is 0 Å². The van der Waals surface area contributed by atoms with Crippen molar-refractivity contribution < 1.29 is 33.8 Å². The van der Waals surface area contributed by atoms with Gasteiger partial charge in [-0.05, 0) is 62.1 Å². The van der Waals surface area contributed by atoms with Gasteiger partial charge in [0.15, 0.2) is 0 Å². The molecule has 0 fully saturated rings. The minimum absolute atomic E-state index is 0.0285. The molecule has 0 aliphatic rings. The predicted octanol–water partition coefficient (Wildman–Crippen LogP) is 2.25. The average Bonchev–Trinajstić information content (AvgIpc) is 2.99. The summed E-state index contributed by atoms with van der Waals surface area (Å²) < 4.78 is 5.05. The van der Waals surface area contributed by atoms with Gasteiger partial charge < -0.3 is 26.2 Å². The van der Waals surface area contributed by atoms with Crippen molar-refractivity contribution >= 4 is 35.4 Å². The molecular weight excluding hydrogens is 552 g/mol. The summed E-state index contributed by atoms with van der Waals surface area (Å²) in [6.45, 7) is 2.92. The second-order valence-electron chi connectivity index (χ2n) is 10.1. The Kier molecular flexibility index (Phi) is 12.0. The van der Waals surface area contributed by atoms with Crippen molar-refractivity contribution in [1.82, 2.24) is 16.0 Å². The third kappa shape index (κ3) is 10.4. The molecule has 3 aromatic carbocycles. The first-order valence-corrected chi connectivity index (χ1v) is 13.8. The number of ether oxygens (including phenoxy) is 1. The van der Waals surface area contributed by atoms with Gasteiger partial charge in [-0.2, -0.15) is 0 Å². The summed E-state index contributed by atoms with van der Waals surface area (Å²) in [6.07, 6.45) is 0.782. The maximum atomic E-state index is 13.0. The molecular formula is C32H36N4O7. The molecule has 0 aromatic heterocycles. The smallest absolute Gasteiger partial charge is 0.345 e. The number of hydrogen-bond acceptors (Lipinski definition) is 8. The number of aliphatic carboxylic acids is 1. The Morgan fingerprint density at radius 2 is 1.30 bits per heavy atom. The second kappa shape index (κ2) is 15.8. The molecule has 43 heavy (non-hydrogen) atoms. The molecule has 0 saturated carbocycles. The molecule has 3 aromatic rings. The van der Waals surface area contributed by atoms with Crippen LogP contribution in [0.3, 0.4) is 0 Å². The van der Waals surface area contributed by atoms with Gasteiger partial charge in [0.25, 0.3) is 0 Å². The maximum absolute atomic E-state index is 13.0. The number of carboxylic acids is 1. The molecule has 0 radical (unpaired) electrons. The lowest BCUT2D eigenvalue weighted by Crippen LogP contribution is -2.55. The summed E-state index contributed by atoms with van der Waals surface area (Å²) >= 11 is 0. The van der Waals surface area contributed by atoms with E-state index in [9.17, 15) is 29.1 Å². The largest absolute Gasteiger partial charge is 0.480 e. The van der Waals surface area contributed by atoms with Crippen LogP contribution in [0, 0.1) is 0 Å². The molecule has 0 unspecified atom stereocenters. The van der Waals surface area contributed by atoms with E-state index in [2.05, 4.69) is 16.0 Å². The van der Waals surface area contributed by atoms with Crippen LogP contribution in [0.15, 0.2) is 84.9 Å². The fraction of sp³-hybridized carbons (Fsp3) is 0.281. The number of aryl methyl sites for hydroxylation is 1. The van der Waals surface area contributed by atoms with Gasteiger partial charge in [0, 0.05) is 12.1 Å². The van der Waals surface area contributed by atoms with E-state index in [0.717, 1.165) is 5.56 Å². The Morgan fingerprint density at radius 3 is 1.88 bits per heavy atom. The Bertz CT molecular complexity index is 1400. The van der Waals surface area contributed by atoms with Gasteiger partial charge in [-0.3, -0.25) is 19.7 Å². The maximum Gasteiger partial charge on any atom is 0.345 e. The molecule has 6 N–H and O–H groups in total. The zero-order valence-electron chi connectivity index (χ0n) is 24.0. The van der Waals surface area contributed by atoms with Crippen LogP contribution in [0.25, 0.3) is 0 Å². The number of carbonyl (C=O) groups is 5. The number of carboxylic acid groups (broad SMARTS) is 1. The zero-order valence-corrected chi connectivity index (χ0v) is 24.0. The number of nitrogens with one attached hydrogen (secondary N) is 3. The molecule has 0 bridgehead atoms. The molecule has 4 atom stereocenters. The van der Waals surface area contributed by atoms with E-state index in [1.807, 2.05) is 30.3 Å². The number of benzene rings is 3. The highest BCUT2D eigenvalue weighted by Gasteiger charge is 2.29. The monoisotopic (exact) mass is 588 g/mol. The van der Waals surface area contributed by atoms with Crippen molar-refractivity contribution in [2.24, 2.45) is 0 Å². The molecule has 0 aliphatic heterocycles. The van der Waals surface area contributed by atoms with E-state index in [-0.39, 0.29) is 18.4 Å². The molecule has 0 aliphatic carbocycles. The lowest BCUT2D eigenvalue weighted by atomic mass is 10.0. The van der Waals surface area contributed by atoms with Crippen LogP contribution in [-0.4, -0.2) is 59.0 Å². The molecule has 0 heterocycles. The Balaban J connectivity index is 1.60. The van der Waals surface area contributed by atoms with E-state index >= 15 is 0 Å². The lowest BCUT2D eigenvalue weighted by molar-refractivity contribution is -0.143. The van der Waals surface area contributed by atoms with Crippen molar-refractivity contribution in [3.05, 3.63) is 102 Å². The first kappa shape index (κ1) is 32.5. The fourth-order valence-electron chi connectivity index (χ4n) is 4.20. The van der Waals surface area contributed by atoms with Crippen molar-refractivity contribution in [2.45, 2.75) is 57.3 Å². The van der Waals surface area contributed by atoms with Crippen molar-refractivity contribution in [3.63, 3.8) is 0 Å². The third-order valence-electron chi connectivity index (χ3n) is 6.68. The van der Waals surface area contributed by atoms with Gasteiger partial charge in [0.1, 0.15) is 18.1 Å². The van der Waals surface area contributed by atoms with Crippen LogP contribution < -0.4 is 21.7 Å². The first-order valence-electron chi connectivity index (χ1n) is 13.8. The van der Waals surface area contributed by atoms with Crippen LogP contribution in [0.5, 0.6) is 0 Å². The van der Waals surface area contributed by atoms with E-state index in [4.69, 9.17) is 10.5 Å². The highest BCUT2D eigenvalue weighted by molar-refractivity contribution is 5.99. The summed E-state index contributed by atoms with van der Waals surface area (Å²) in [5.41, 5.74) is 7.86. The Morgan fingerprint density at radius 1 is 0.744 bits per heavy atom. The topological polar surface area (TPSA) is 177 Å². The van der Waals surface area contributed by atoms with Gasteiger partial charge in [-0.1, -0.05) is 60.7 Å². The summed E-state index contributed by atoms with van der Waals surface area (Å²) in [4.78, 5) is 63.2. The molecule has 2 amide bonds. The van der Waals surface area contributed by atoms with Gasteiger partial charge in [0.2, 0.25) is 11.8 Å². The van der Waals surface area contributed by atoms with Gasteiger partial charge in [-0.15, -0.1) is 0 Å². The normalized spacial score (nSPS) is 13.5. The third-order valence-corrected chi connectivity index (χ3v) is 6.68.